The number of rotatable bonds is 5. The smallest absolute Gasteiger partial charge is 0.169 e. The molecule has 0 bridgehead atoms. The molecule has 234 valence electrons. The Balaban J connectivity index is 1.17. The second-order valence-corrected chi connectivity index (χ2v) is 12.8. The van der Waals surface area contributed by atoms with Gasteiger partial charge in [-0.05, 0) is 48.4 Å². The molecule has 2 aliphatic heterocycles. The fourth-order valence-corrected chi connectivity index (χ4v) is 7.69. The maximum Gasteiger partial charge on any atom is 0.169 e. The fourth-order valence-electron chi connectivity index (χ4n) is 7.69. The monoisotopic (exact) mass is 632 g/mol. The molecular formula is C43H32N6. The van der Waals surface area contributed by atoms with Gasteiger partial charge >= 0.3 is 0 Å². The summed E-state index contributed by atoms with van der Waals surface area (Å²) in [7, 11) is 0. The highest BCUT2D eigenvalue weighted by Crippen LogP contribution is 2.42. The van der Waals surface area contributed by atoms with E-state index in [2.05, 4.69) is 154 Å². The molecule has 4 heterocycles. The van der Waals surface area contributed by atoms with Crippen molar-refractivity contribution < 1.29 is 0 Å². The molecule has 7 aromatic rings. The van der Waals surface area contributed by atoms with Gasteiger partial charge in [0.05, 0.1) is 22.1 Å². The van der Waals surface area contributed by atoms with Gasteiger partial charge in [0, 0.05) is 33.2 Å². The van der Waals surface area contributed by atoms with Crippen molar-refractivity contribution in [2.24, 2.45) is 20.9 Å². The van der Waals surface area contributed by atoms with Crippen LogP contribution in [0.1, 0.15) is 24.3 Å². The maximum absolute atomic E-state index is 5.40. The second kappa shape index (κ2) is 11.2. The average molecular weight is 633 g/mol. The number of aromatic nitrogens is 2. The zero-order valence-electron chi connectivity index (χ0n) is 26.7. The maximum atomic E-state index is 5.40. The largest absolute Gasteiger partial charge is 0.327 e. The second-order valence-electron chi connectivity index (χ2n) is 12.8. The third-order valence-corrected chi connectivity index (χ3v) is 9.91. The summed E-state index contributed by atoms with van der Waals surface area (Å²) in [6, 6.07) is 43.0. The lowest BCUT2D eigenvalue weighted by molar-refractivity contribution is 0.690. The Hall–Kier alpha value is -6.27. The number of amidine groups is 2. The van der Waals surface area contributed by atoms with Crippen LogP contribution in [-0.2, 0) is 0 Å². The summed E-state index contributed by atoms with van der Waals surface area (Å²) in [5.41, 5.74) is 7.71. The van der Waals surface area contributed by atoms with Gasteiger partial charge in [-0.15, -0.1) is 0 Å². The van der Waals surface area contributed by atoms with E-state index in [1.807, 2.05) is 18.2 Å². The van der Waals surface area contributed by atoms with Gasteiger partial charge in [0.1, 0.15) is 17.7 Å². The van der Waals surface area contributed by atoms with Crippen LogP contribution in [0.2, 0.25) is 0 Å². The summed E-state index contributed by atoms with van der Waals surface area (Å²) in [6.07, 6.45) is 13.2. The van der Waals surface area contributed by atoms with Crippen LogP contribution < -0.4 is 5.32 Å². The first-order valence-corrected chi connectivity index (χ1v) is 16.9. The van der Waals surface area contributed by atoms with E-state index in [0.29, 0.717) is 0 Å². The van der Waals surface area contributed by atoms with Crippen molar-refractivity contribution >= 4 is 61.0 Å². The predicted molar refractivity (Wildman–Crippen MR) is 203 cm³/mol. The summed E-state index contributed by atoms with van der Waals surface area (Å²) < 4.78 is 4.83. The molecule has 0 saturated carbocycles. The lowest BCUT2D eigenvalue weighted by Crippen LogP contribution is -2.42. The first kappa shape index (κ1) is 27.8. The minimum absolute atomic E-state index is 0.161. The number of nitrogens with zero attached hydrogens (tertiary/aromatic N) is 5. The van der Waals surface area contributed by atoms with Crippen LogP contribution in [0, 0.1) is 5.92 Å². The third kappa shape index (κ3) is 4.45. The first-order chi connectivity index (χ1) is 24.3. The molecule has 10 rings (SSSR count). The number of aliphatic imine (C=N–C) groups is 3. The average Bonchev–Trinajstić information content (AvgIpc) is 3.89. The predicted octanol–water partition coefficient (Wildman–Crippen LogP) is 9.63. The zero-order chi connectivity index (χ0) is 32.3. The number of fused-ring (bicyclic) bond motifs is 7. The van der Waals surface area contributed by atoms with Gasteiger partial charge < -0.3 is 14.5 Å². The molecule has 3 unspecified atom stereocenters. The molecule has 2 aromatic heterocycles. The van der Waals surface area contributed by atoms with Gasteiger partial charge in [-0.1, -0.05) is 121 Å². The van der Waals surface area contributed by atoms with Crippen molar-refractivity contribution in [2.45, 2.75) is 18.8 Å². The number of para-hydroxylation sites is 3. The highest BCUT2D eigenvalue weighted by molar-refractivity contribution is 6.48. The van der Waals surface area contributed by atoms with E-state index in [1.165, 1.54) is 38.1 Å². The van der Waals surface area contributed by atoms with E-state index >= 15 is 0 Å². The summed E-state index contributed by atoms with van der Waals surface area (Å²) in [5, 5.41) is 8.48. The fraction of sp³-hybridized carbons (Fsp3) is 0.0930. The molecule has 5 aromatic carbocycles. The van der Waals surface area contributed by atoms with Crippen molar-refractivity contribution in [1.29, 1.82) is 0 Å². The lowest BCUT2D eigenvalue weighted by atomic mass is 9.98. The van der Waals surface area contributed by atoms with Crippen LogP contribution in [0.25, 0.3) is 49.3 Å². The molecule has 3 atom stereocenters. The standard InChI is InChI=1S/C43H32N6/c1-4-14-28(15-5-1)41-45-42(29-16-6-2-7-17-29)47-43(46-41)35-26-27-38(44-35)49-37-23-13-11-21-32(37)34-25-24-33-31-20-10-12-22-36(31)48(39(33)40(34)49)30-18-8-3-9-19-30/h1-16,18-27,29,38,41H,17H2,(H,45,46,47). The van der Waals surface area contributed by atoms with Crippen molar-refractivity contribution in [1.82, 2.24) is 14.5 Å². The minimum Gasteiger partial charge on any atom is -0.327 e. The van der Waals surface area contributed by atoms with Gasteiger partial charge in [0.25, 0.3) is 0 Å². The SMILES string of the molecule is C1=CCC(C2=NC(c3ccccc3)N=C(C3=NC(n4c5ccccc5c5ccc6c7ccccc7n(-c7ccccc7)c6c54)C=C3)N2)C=C1. The summed E-state index contributed by atoms with van der Waals surface area (Å²) in [5.74, 6) is 1.84. The van der Waals surface area contributed by atoms with Gasteiger partial charge in [-0.2, -0.15) is 0 Å². The van der Waals surface area contributed by atoms with Crippen LogP contribution in [0.15, 0.2) is 173 Å². The molecule has 0 amide bonds. The van der Waals surface area contributed by atoms with Crippen LogP contribution in [0.5, 0.6) is 0 Å². The van der Waals surface area contributed by atoms with Crippen molar-refractivity contribution in [3.8, 4) is 5.69 Å². The molecule has 6 nitrogen and oxygen atoms in total. The molecular weight excluding hydrogens is 601 g/mol. The normalized spacial score (nSPS) is 20.2. The van der Waals surface area contributed by atoms with Crippen LogP contribution in [-0.4, -0.2) is 26.5 Å². The van der Waals surface area contributed by atoms with Gasteiger partial charge in [-0.3, -0.25) is 4.99 Å². The Morgan fingerprint density at radius 2 is 1.29 bits per heavy atom. The number of allylic oxidation sites excluding steroid dienone is 3. The van der Waals surface area contributed by atoms with E-state index in [4.69, 9.17) is 15.0 Å². The van der Waals surface area contributed by atoms with Crippen molar-refractivity contribution in [2.75, 3.05) is 0 Å². The van der Waals surface area contributed by atoms with E-state index in [9.17, 15) is 0 Å². The Morgan fingerprint density at radius 1 is 0.592 bits per heavy atom. The summed E-state index contributed by atoms with van der Waals surface area (Å²) >= 11 is 0. The van der Waals surface area contributed by atoms with Crippen molar-refractivity contribution in [3.05, 3.63) is 163 Å². The number of nitrogens with one attached hydrogen (secondary N) is 1. The van der Waals surface area contributed by atoms with Crippen LogP contribution in [0.3, 0.4) is 0 Å². The Labute approximate surface area is 283 Å². The van der Waals surface area contributed by atoms with Crippen LogP contribution in [0.4, 0.5) is 0 Å². The lowest BCUT2D eigenvalue weighted by Gasteiger charge is -2.25. The number of hydrogen-bond acceptors (Lipinski definition) is 4. The highest BCUT2D eigenvalue weighted by atomic mass is 15.2. The minimum atomic E-state index is -0.337. The van der Waals surface area contributed by atoms with E-state index < -0.39 is 0 Å². The molecule has 1 aliphatic carbocycles. The first-order valence-electron chi connectivity index (χ1n) is 16.9. The Bertz CT molecular complexity index is 2610. The summed E-state index contributed by atoms with van der Waals surface area (Å²) in [4.78, 5) is 15.6. The Morgan fingerprint density at radius 3 is 2.06 bits per heavy atom. The van der Waals surface area contributed by atoms with E-state index in [1.54, 1.807) is 0 Å². The summed E-state index contributed by atoms with van der Waals surface area (Å²) in [6.45, 7) is 0. The molecule has 0 fully saturated rings. The van der Waals surface area contributed by atoms with Gasteiger partial charge in [-0.25, -0.2) is 9.98 Å². The molecule has 1 N–H and O–H groups in total. The molecule has 0 saturated heterocycles. The molecule has 49 heavy (non-hydrogen) atoms. The van der Waals surface area contributed by atoms with E-state index in [-0.39, 0.29) is 18.2 Å². The van der Waals surface area contributed by atoms with E-state index in [0.717, 1.165) is 40.6 Å². The van der Waals surface area contributed by atoms with Crippen molar-refractivity contribution in [3.63, 3.8) is 0 Å². The third-order valence-electron chi connectivity index (χ3n) is 9.91. The van der Waals surface area contributed by atoms with Gasteiger partial charge in [0.2, 0.25) is 0 Å². The Kier molecular flexibility index (Phi) is 6.34. The highest BCUT2D eigenvalue weighted by Gasteiger charge is 2.29. The number of benzene rings is 5. The van der Waals surface area contributed by atoms with Gasteiger partial charge in [0.15, 0.2) is 12.0 Å². The number of hydrogen-bond donors (Lipinski definition) is 1. The molecule has 0 spiro atoms. The molecule has 3 aliphatic rings. The van der Waals surface area contributed by atoms with Crippen LogP contribution >= 0.6 is 0 Å². The molecule has 0 radical (unpaired) electrons. The quantitative estimate of drug-likeness (QED) is 0.202. The zero-order valence-corrected chi connectivity index (χ0v) is 26.7. The topological polar surface area (TPSA) is 59.0 Å². The molecule has 6 heteroatoms.